The highest BCUT2D eigenvalue weighted by Gasteiger charge is 2.08. The van der Waals surface area contributed by atoms with Gasteiger partial charge in [-0.3, -0.25) is 0 Å². The molecule has 0 bridgehead atoms. The predicted molar refractivity (Wildman–Crippen MR) is 94.4 cm³/mol. The summed E-state index contributed by atoms with van der Waals surface area (Å²) >= 11 is 1.64. The van der Waals surface area contributed by atoms with Crippen LogP contribution in [0.5, 0.6) is 0 Å². The summed E-state index contributed by atoms with van der Waals surface area (Å²) in [7, 11) is 0. The minimum absolute atomic E-state index is 0.0911. The molecule has 0 spiro atoms. The van der Waals surface area contributed by atoms with Crippen LogP contribution in [0.1, 0.15) is 29.3 Å². The molecule has 1 aromatic heterocycles. The largest absolute Gasteiger partial charge is 0.357 e. The fourth-order valence-corrected chi connectivity index (χ4v) is 2.94. The number of hydrogen-bond acceptors (Lipinski definition) is 3. The monoisotopic (exact) mass is 352 g/mol. The molecule has 1 aromatic carbocycles. The lowest BCUT2D eigenvalue weighted by atomic mass is 10.1. The lowest BCUT2D eigenvalue weighted by Crippen LogP contribution is -2.38. The van der Waals surface area contributed by atoms with Gasteiger partial charge in [-0.2, -0.15) is 0 Å². The second kappa shape index (κ2) is 9.32. The molecule has 0 atom stereocenters. The van der Waals surface area contributed by atoms with E-state index in [1.54, 1.807) is 11.3 Å². The molecule has 0 amide bonds. The van der Waals surface area contributed by atoms with E-state index in [2.05, 4.69) is 27.5 Å². The molecule has 4 nitrogen and oxygen atoms in total. The summed E-state index contributed by atoms with van der Waals surface area (Å²) in [6.45, 7) is 5.63. The molecule has 0 fully saturated rings. The highest BCUT2D eigenvalue weighted by Crippen LogP contribution is 2.14. The van der Waals surface area contributed by atoms with Crippen LogP contribution in [-0.4, -0.2) is 24.0 Å². The number of hydrogen-bond donors (Lipinski definition) is 2. The first-order valence-corrected chi connectivity index (χ1v) is 8.84. The lowest BCUT2D eigenvalue weighted by molar-refractivity contribution is 0.553. The van der Waals surface area contributed by atoms with Gasteiger partial charge in [-0.1, -0.05) is 13.0 Å². The van der Waals surface area contributed by atoms with E-state index < -0.39 is 11.6 Å². The van der Waals surface area contributed by atoms with Gasteiger partial charge in [-0.15, -0.1) is 11.3 Å². The topological polar surface area (TPSA) is 49.3 Å². The number of halogens is 2. The van der Waals surface area contributed by atoms with E-state index in [9.17, 15) is 8.78 Å². The number of nitrogens with zero attached hydrogens (tertiary/aromatic N) is 2. The van der Waals surface area contributed by atoms with Gasteiger partial charge in [0.25, 0.3) is 0 Å². The molecule has 0 aliphatic heterocycles. The van der Waals surface area contributed by atoms with Gasteiger partial charge in [0.2, 0.25) is 0 Å². The Morgan fingerprint density at radius 3 is 2.58 bits per heavy atom. The average Bonchev–Trinajstić information content (AvgIpc) is 3.03. The molecular formula is C17H22F2N4S. The number of aryl methyl sites for hydroxylation is 1. The standard InChI is InChI=1S/C17H22F2N4S/c1-3-12-10-22-16(24-12)11-23-17(20-4-2)21-9-8-13-14(18)6-5-7-15(13)19/h5-7,10H,3-4,8-9,11H2,1-2H3,(H2,20,21,23). The molecule has 0 unspecified atom stereocenters. The lowest BCUT2D eigenvalue weighted by Gasteiger charge is -2.11. The van der Waals surface area contributed by atoms with Crippen molar-refractivity contribution in [3.05, 3.63) is 51.5 Å². The second-order valence-electron chi connectivity index (χ2n) is 5.15. The van der Waals surface area contributed by atoms with Crippen LogP contribution in [0.3, 0.4) is 0 Å². The van der Waals surface area contributed by atoms with Crippen molar-refractivity contribution in [3.8, 4) is 0 Å². The first kappa shape index (κ1) is 18.3. The molecule has 24 heavy (non-hydrogen) atoms. The van der Waals surface area contributed by atoms with Crippen LogP contribution in [0, 0.1) is 11.6 Å². The number of aromatic nitrogens is 1. The third-order valence-corrected chi connectivity index (χ3v) is 4.52. The van der Waals surface area contributed by atoms with Crippen molar-refractivity contribution in [1.82, 2.24) is 15.6 Å². The number of aliphatic imine (C=N–C) groups is 1. The second-order valence-corrected chi connectivity index (χ2v) is 6.35. The van der Waals surface area contributed by atoms with E-state index in [-0.39, 0.29) is 12.0 Å². The van der Waals surface area contributed by atoms with Gasteiger partial charge < -0.3 is 10.6 Å². The van der Waals surface area contributed by atoms with Gasteiger partial charge in [0, 0.05) is 29.7 Å². The normalized spacial score (nSPS) is 11.6. The van der Waals surface area contributed by atoms with E-state index in [0.29, 0.717) is 25.6 Å². The SMILES string of the molecule is CCNC(=NCc1ncc(CC)s1)NCCc1c(F)cccc1F. The minimum atomic E-state index is -0.520. The molecule has 0 saturated carbocycles. The third kappa shape index (κ3) is 5.26. The highest BCUT2D eigenvalue weighted by atomic mass is 32.1. The minimum Gasteiger partial charge on any atom is -0.357 e. The summed E-state index contributed by atoms with van der Waals surface area (Å²) in [5.41, 5.74) is 0.0911. The van der Waals surface area contributed by atoms with Gasteiger partial charge >= 0.3 is 0 Å². The first-order valence-electron chi connectivity index (χ1n) is 8.02. The Morgan fingerprint density at radius 2 is 1.96 bits per heavy atom. The van der Waals surface area contributed by atoms with Crippen LogP contribution in [0.2, 0.25) is 0 Å². The van der Waals surface area contributed by atoms with Gasteiger partial charge in [-0.25, -0.2) is 18.8 Å². The Kier molecular flexibility index (Phi) is 7.11. The molecule has 0 saturated heterocycles. The maximum absolute atomic E-state index is 13.6. The highest BCUT2D eigenvalue weighted by molar-refractivity contribution is 7.11. The molecular weight excluding hydrogens is 330 g/mol. The zero-order valence-corrected chi connectivity index (χ0v) is 14.7. The van der Waals surface area contributed by atoms with Gasteiger partial charge in [0.05, 0.1) is 6.54 Å². The number of rotatable bonds is 7. The maximum Gasteiger partial charge on any atom is 0.191 e. The molecule has 0 aliphatic rings. The summed E-state index contributed by atoms with van der Waals surface area (Å²) in [5.74, 6) is -0.426. The summed E-state index contributed by atoms with van der Waals surface area (Å²) in [5, 5.41) is 7.16. The molecule has 2 aromatic rings. The Hall–Kier alpha value is -2.02. The van der Waals surface area contributed by atoms with Crippen molar-refractivity contribution in [2.75, 3.05) is 13.1 Å². The summed E-state index contributed by atoms with van der Waals surface area (Å²) in [6.07, 6.45) is 3.09. The summed E-state index contributed by atoms with van der Waals surface area (Å²) < 4.78 is 27.2. The van der Waals surface area contributed by atoms with Crippen molar-refractivity contribution >= 4 is 17.3 Å². The molecule has 130 valence electrons. The molecule has 7 heteroatoms. The van der Waals surface area contributed by atoms with Crippen molar-refractivity contribution in [2.24, 2.45) is 4.99 Å². The molecule has 0 radical (unpaired) electrons. The maximum atomic E-state index is 13.6. The molecule has 2 N–H and O–H groups in total. The molecule has 1 heterocycles. The van der Waals surface area contributed by atoms with Crippen molar-refractivity contribution in [3.63, 3.8) is 0 Å². The third-order valence-electron chi connectivity index (χ3n) is 3.40. The number of guanidine groups is 1. The van der Waals surface area contributed by atoms with Crippen molar-refractivity contribution in [1.29, 1.82) is 0 Å². The molecule has 0 aliphatic carbocycles. The Balaban J connectivity index is 1.91. The van der Waals surface area contributed by atoms with E-state index >= 15 is 0 Å². The molecule has 2 rings (SSSR count). The Morgan fingerprint density at radius 1 is 1.21 bits per heavy atom. The van der Waals surface area contributed by atoms with Gasteiger partial charge in [0.1, 0.15) is 16.6 Å². The fraction of sp³-hybridized carbons (Fsp3) is 0.412. The summed E-state index contributed by atoms with van der Waals surface area (Å²) in [6, 6.07) is 3.91. The number of benzene rings is 1. The van der Waals surface area contributed by atoms with Crippen LogP contribution >= 0.6 is 11.3 Å². The number of thiazole rings is 1. The van der Waals surface area contributed by atoms with E-state index in [4.69, 9.17) is 0 Å². The van der Waals surface area contributed by atoms with Crippen LogP contribution in [0.25, 0.3) is 0 Å². The van der Waals surface area contributed by atoms with Crippen molar-refractivity contribution < 1.29 is 8.78 Å². The zero-order chi connectivity index (χ0) is 17.4. The fourth-order valence-electron chi connectivity index (χ4n) is 2.15. The Labute approximate surface area is 145 Å². The van der Waals surface area contributed by atoms with Crippen molar-refractivity contribution in [2.45, 2.75) is 33.2 Å². The zero-order valence-electron chi connectivity index (χ0n) is 13.9. The van der Waals surface area contributed by atoms with Gasteiger partial charge in [-0.05, 0) is 31.9 Å². The van der Waals surface area contributed by atoms with Gasteiger partial charge in [0.15, 0.2) is 5.96 Å². The smallest absolute Gasteiger partial charge is 0.191 e. The first-order chi connectivity index (χ1) is 11.6. The number of nitrogens with one attached hydrogen (secondary N) is 2. The Bertz CT molecular complexity index is 665. The van der Waals surface area contributed by atoms with Crippen LogP contribution in [0.4, 0.5) is 8.78 Å². The summed E-state index contributed by atoms with van der Waals surface area (Å²) in [4.78, 5) is 10.0. The van der Waals surface area contributed by atoms with Crippen LogP contribution in [0.15, 0.2) is 29.4 Å². The average molecular weight is 352 g/mol. The van der Waals surface area contributed by atoms with E-state index in [0.717, 1.165) is 11.4 Å². The quantitative estimate of drug-likeness (QED) is 0.594. The van der Waals surface area contributed by atoms with E-state index in [1.165, 1.54) is 23.1 Å². The van der Waals surface area contributed by atoms with Crippen LogP contribution < -0.4 is 10.6 Å². The predicted octanol–water partition coefficient (Wildman–Crippen LogP) is 3.28. The van der Waals surface area contributed by atoms with Crippen LogP contribution in [-0.2, 0) is 19.4 Å². The van der Waals surface area contributed by atoms with E-state index in [1.807, 2.05) is 13.1 Å².